The predicted molar refractivity (Wildman–Crippen MR) is 204 cm³/mol. The number of hydrogen-bond acceptors (Lipinski definition) is 8. The van der Waals surface area contributed by atoms with Gasteiger partial charge in [-0.3, -0.25) is 0 Å². The molecule has 0 N–H and O–H groups in total. The van der Waals surface area contributed by atoms with E-state index in [0.717, 1.165) is 21.5 Å². The summed E-state index contributed by atoms with van der Waals surface area (Å²) in [6.07, 6.45) is 0.234. The summed E-state index contributed by atoms with van der Waals surface area (Å²) in [5.74, 6) is -0.0988. The molecule has 0 spiro atoms. The molecule has 0 fully saturated rings. The maximum absolute atomic E-state index is 14.0. The van der Waals surface area contributed by atoms with Crippen LogP contribution < -0.4 is 9.47 Å². The minimum atomic E-state index is -0.658. The van der Waals surface area contributed by atoms with Gasteiger partial charge in [-0.1, -0.05) is 125 Å². The Bertz CT molecular complexity index is 2710. The van der Waals surface area contributed by atoms with E-state index in [9.17, 15) is 9.59 Å². The quantitative estimate of drug-likeness (QED) is 0.112. The van der Waals surface area contributed by atoms with Gasteiger partial charge in [-0.15, -0.1) is 0 Å². The van der Waals surface area contributed by atoms with Crippen molar-refractivity contribution in [3.63, 3.8) is 0 Å². The minimum Gasteiger partial charge on any atom is -0.422 e. The summed E-state index contributed by atoms with van der Waals surface area (Å²) in [5, 5.41) is 12.7. The average Bonchev–Trinajstić information content (AvgIpc) is 3.75. The van der Waals surface area contributed by atoms with Crippen LogP contribution in [0.4, 0.5) is 0 Å². The molecule has 2 aromatic heterocycles. The van der Waals surface area contributed by atoms with Crippen LogP contribution in [0.15, 0.2) is 130 Å². The van der Waals surface area contributed by atoms with E-state index in [1.54, 1.807) is 68.4 Å². The first-order valence-corrected chi connectivity index (χ1v) is 17.4. The molecule has 0 saturated carbocycles. The van der Waals surface area contributed by atoms with Gasteiger partial charge in [-0.05, 0) is 65.7 Å². The highest BCUT2D eigenvalue weighted by Crippen LogP contribution is 2.38. The lowest BCUT2D eigenvalue weighted by Crippen LogP contribution is -2.13. The maximum atomic E-state index is 14.0. The number of fused-ring (bicyclic) bond motifs is 2. The van der Waals surface area contributed by atoms with Crippen molar-refractivity contribution in [2.75, 3.05) is 0 Å². The fraction of sp³-hybridized carbons (Fsp3) is 0.0698. The Hall–Kier alpha value is -6.22. The molecule has 53 heavy (non-hydrogen) atoms. The summed E-state index contributed by atoms with van der Waals surface area (Å²) >= 11 is 13.0. The van der Waals surface area contributed by atoms with Crippen molar-refractivity contribution < 1.29 is 28.1 Å². The molecule has 10 heteroatoms. The van der Waals surface area contributed by atoms with E-state index in [0.29, 0.717) is 43.8 Å². The normalized spacial score (nSPS) is 11.2. The highest BCUT2D eigenvalue weighted by molar-refractivity contribution is 6.34. The van der Waals surface area contributed by atoms with E-state index in [1.807, 2.05) is 66.7 Å². The summed E-state index contributed by atoms with van der Waals surface area (Å²) < 4.78 is 23.3. The number of halogens is 2. The number of aryl methyl sites for hydroxylation is 2. The number of ether oxygens (including phenoxy) is 2. The van der Waals surface area contributed by atoms with Gasteiger partial charge in [0.2, 0.25) is 0 Å². The highest BCUT2D eigenvalue weighted by Gasteiger charge is 2.28. The molecule has 2 heterocycles. The van der Waals surface area contributed by atoms with Gasteiger partial charge in [0.1, 0.15) is 45.5 Å². The lowest BCUT2D eigenvalue weighted by molar-refractivity contribution is 0.0724. The molecule has 0 radical (unpaired) electrons. The fourth-order valence-corrected chi connectivity index (χ4v) is 6.94. The van der Waals surface area contributed by atoms with E-state index >= 15 is 0 Å². The monoisotopic (exact) mass is 738 g/mol. The lowest BCUT2D eigenvalue weighted by atomic mass is 9.95. The van der Waals surface area contributed by atoms with Gasteiger partial charge in [0, 0.05) is 28.7 Å². The van der Waals surface area contributed by atoms with Crippen molar-refractivity contribution in [2.24, 2.45) is 0 Å². The van der Waals surface area contributed by atoms with Crippen molar-refractivity contribution in [3.8, 4) is 34.0 Å². The van der Waals surface area contributed by atoms with Crippen LogP contribution >= 0.6 is 23.2 Å². The van der Waals surface area contributed by atoms with Crippen LogP contribution in [0.5, 0.6) is 11.5 Å². The van der Waals surface area contributed by atoms with Gasteiger partial charge in [0.05, 0.1) is 10.0 Å². The van der Waals surface area contributed by atoms with Gasteiger partial charge in [-0.2, -0.15) is 0 Å². The van der Waals surface area contributed by atoms with Crippen molar-refractivity contribution >= 4 is 56.7 Å². The number of rotatable bonds is 8. The van der Waals surface area contributed by atoms with Crippen LogP contribution in [0.1, 0.15) is 43.4 Å². The first kappa shape index (κ1) is 33.9. The Morgan fingerprint density at radius 1 is 0.585 bits per heavy atom. The molecule has 0 aliphatic rings. The predicted octanol–water partition coefficient (Wildman–Crippen LogP) is 11.3. The van der Waals surface area contributed by atoms with E-state index in [1.165, 1.54) is 0 Å². The van der Waals surface area contributed by atoms with Crippen molar-refractivity contribution in [2.45, 2.75) is 20.3 Å². The second-order valence-electron chi connectivity index (χ2n) is 12.4. The number of carbonyl (C=O) groups is 2. The van der Waals surface area contributed by atoms with E-state index in [2.05, 4.69) is 10.3 Å². The van der Waals surface area contributed by atoms with Crippen LogP contribution in [-0.2, 0) is 6.42 Å². The molecule has 0 unspecified atom stereocenters. The number of carbonyl (C=O) groups excluding carboxylic acids is 2. The second-order valence-corrected chi connectivity index (χ2v) is 13.2. The SMILES string of the molecule is Cc1onc(-c2ccccc2Cl)c1C(=O)Oc1cc2ccccc2cc1Cc1c(OC(=O)c2c(-c3ccccc3Cl)noc2C)ccc2ccccc12. The van der Waals surface area contributed by atoms with E-state index in [-0.39, 0.29) is 40.5 Å². The zero-order valence-corrected chi connectivity index (χ0v) is 29.9. The number of aromatic nitrogens is 2. The number of benzene rings is 6. The molecule has 260 valence electrons. The van der Waals surface area contributed by atoms with Gasteiger partial charge in [0.15, 0.2) is 0 Å². The largest absolute Gasteiger partial charge is 0.422 e. The lowest BCUT2D eigenvalue weighted by Gasteiger charge is -2.17. The third kappa shape index (κ3) is 6.43. The standard InChI is InChI=1S/C43H28Cl2N2O6/c1-24-38(40(46-52-24)31-15-7-9-17-34(31)44)42(48)50-36-20-19-26-11-5-6-14-30(26)33(36)22-29-21-27-12-3-4-13-28(27)23-37(29)51-43(49)39-25(2)53-47-41(39)32-16-8-10-18-35(32)45/h3-21,23H,22H2,1-2H3. The molecule has 0 atom stereocenters. The Morgan fingerprint density at radius 2 is 1.08 bits per heavy atom. The first-order chi connectivity index (χ1) is 25.8. The molecule has 0 aliphatic carbocycles. The third-order valence-electron chi connectivity index (χ3n) is 9.09. The second kappa shape index (κ2) is 14.1. The van der Waals surface area contributed by atoms with Gasteiger partial charge in [-0.25, -0.2) is 9.59 Å². The highest BCUT2D eigenvalue weighted by atomic mass is 35.5. The molecule has 8 nitrogen and oxygen atoms in total. The van der Waals surface area contributed by atoms with Crippen LogP contribution in [0.2, 0.25) is 10.0 Å². The third-order valence-corrected chi connectivity index (χ3v) is 9.75. The number of esters is 2. The molecular formula is C43H28Cl2N2O6. The van der Waals surface area contributed by atoms with Crippen LogP contribution in [0, 0.1) is 13.8 Å². The van der Waals surface area contributed by atoms with Crippen LogP contribution in [0.25, 0.3) is 44.1 Å². The van der Waals surface area contributed by atoms with E-state index in [4.69, 9.17) is 41.7 Å². The number of hydrogen-bond donors (Lipinski definition) is 0. The molecule has 0 amide bonds. The van der Waals surface area contributed by atoms with Crippen molar-refractivity contribution in [1.82, 2.24) is 10.3 Å². The zero-order valence-electron chi connectivity index (χ0n) is 28.4. The fourth-order valence-electron chi connectivity index (χ4n) is 6.49. The molecule has 0 bridgehead atoms. The smallest absolute Gasteiger partial charge is 0.349 e. The van der Waals surface area contributed by atoms with Gasteiger partial charge < -0.3 is 18.5 Å². The average molecular weight is 740 g/mol. The summed E-state index contributed by atoms with van der Waals surface area (Å²) in [5.41, 5.74) is 3.35. The minimum absolute atomic E-state index is 0.162. The Balaban J connectivity index is 1.21. The molecule has 6 aromatic carbocycles. The Labute approximate surface area is 313 Å². The van der Waals surface area contributed by atoms with Crippen molar-refractivity contribution in [3.05, 3.63) is 165 Å². The summed E-state index contributed by atoms with van der Waals surface area (Å²) in [7, 11) is 0. The topological polar surface area (TPSA) is 105 Å². The molecule has 8 rings (SSSR count). The van der Waals surface area contributed by atoms with E-state index < -0.39 is 11.9 Å². The van der Waals surface area contributed by atoms with Crippen LogP contribution in [0.3, 0.4) is 0 Å². The van der Waals surface area contributed by atoms with Crippen molar-refractivity contribution in [1.29, 1.82) is 0 Å². The molecular weight excluding hydrogens is 711 g/mol. The Morgan fingerprint density at radius 3 is 1.66 bits per heavy atom. The summed E-state index contributed by atoms with van der Waals surface area (Å²) in [6.45, 7) is 3.30. The number of nitrogens with zero attached hydrogens (tertiary/aromatic N) is 2. The first-order valence-electron chi connectivity index (χ1n) is 16.7. The zero-order chi connectivity index (χ0) is 36.6. The van der Waals surface area contributed by atoms with Gasteiger partial charge >= 0.3 is 11.9 Å². The van der Waals surface area contributed by atoms with Gasteiger partial charge in [0.25, 0.3) is 0 Å². The molecule has 0 saturated heterocycles. The summed E-state index contributed by atoms with van der Waals surface area (Å²) in [4.78, 5) is 28.1. The maximum Gasteiger partial charge on any atom is 0.349 e. The molecule has 8 aromatic rings. The molecule has 0 aliphatic heterocycles. The Kier molecular flexibility index (Phi) is 9.00. The van der Waals surface area contributed by atoms with Crippen LogP contribution in [-0.4, -0.2) is 22.3 Å². The summed E-state index contributed by atoms with van der Waals surface area (Å²) in [6, 6.07) is 37.2.